The van der Waals surface area contributed by atoms with Gasteiger partial charge in [-0.25, -0.2) is 0 Å². The Hall–Kier alpha value is -2.30. The molecule has 1 heterocycles. The fraction of sp³-hybridized carbons (Fsp3) is 0.524. The molecule has 5 nitrogen and oxygen atoms in total. The van der Waals surface area contributed by atoms with Crippen LogP contribution in [0.2, 0.25) is 0 Å². The topological polar surface area (TPSA) is 52.7 Å². The Morgan fingerprint density at radius 1 is 1.35 bits per heavy atom. The molecule has 1 fully saturated rings. The van der Waals surface area contributed by atoms with Gasteiger partial charge in [-0.3, -0.25) is 9.59 Å². The van der Waals surface area contributed by atoms with Crippen LogP contribution in [0, 0.1) is 5.92 Å². The molecule has 0 spiro atoms. The van der Waals surface area contributed by atoms with Crippen molar-refractivity contribution in [3.63, 3.8) is 0 Å². The molecule has 0 bridgehead atoms. The van der Waals surface area contributed by atoms with E-state index in [9.17, 15) is 9.59 Å². The van der Waals surface area contributed by atoms with Gasteiger partial charge in [-0.1, -0.05) is 19.6 Å². The van der Waals surface area contributed by atoms with Crippen LogP contribution >= 0.6 is 0 Å². The second-order valence-corrected chi connectivity index (χ2v) is 7.43. The van der Waals surface area contributed by atoms with Crippen LogP contribution in [0.5, 0.6) is 0 Å². The Morgan fingerprint density at radius 3 is 2.65 bits per heavy atom. The number of anilines is 2. The summed E-state index contributed by atoms with van der Waals surface area (Å²) in [6.07, 6.45) is 4.66. The van der Waals surface area contributed by atoms with Gasteiger partial charge in [0.2, 0.25) is 11.8 Å². The fourth-order valence-electron chi connectivity index (χ4n) is 3.86. The first kappa shape index (κ1) is 18.5. The van der Waals surface area contributed by atoms with Gasteiger partial charge in [0.05, 0.1) is 17.4 Å². The van der Waals surface area contributed by atoms with Gasteiger partial charge in [-0.05, 0) is 50.1 Å². The summed E-state index contributed by atoms with van der Waals surface area (Å²) >= 11 is 0. The van der Waals surface area contributed by atoms with Crippen molar-refractivity contribution in [1.82, 2.24) is 5.32 Å². The van der Waals surface area contributed by atoms with Crippen LogP contribution in [0.1, 0.15) is 51.5 Å². The van der Waals surface area contributed by atoms with Gasteiger partial charge in [0, 0.05) is 31.8 Å². The molecule has 2 amide bonds. The zero-order valence-electron chi connectivity index (χ0n) is 16.0. The maximum atomic E-state index is 12.9. The molecule has 1 aliphatic carbocycles. The van der Waals surface area contributed by atoms with E-state index in [-0.39, 0.29) is 23.8 Å². The molecule has 3 rings (SSSR count). The second-order valence-electron chi connectivity index (χ2n) is 7.43. The van der Waals surface area contributed by atoms with Crippen LogP contribution in [-0.4, -0.2) is 30.9 Å². The third-order valence-corrected chi connectivity index (χ3v) is 5.44. The molecule has 0 saturated heterocycles. The first-order valence-corrected chi connectivity index (χ1v) is 9.57. The Morgan fingerprint density at radius 2 is 2.08 bits per heavy atom. The smallest absolute Gasteiger partial charge is 0.230 e. The van der Waals surface area contributed by atoms with Crippen molar-refractivity contribution < 1.29 is 9.59 Å². The molecule has 1 saturated carbocycles. The normalized spacial score (nSPS) is 20.3. The van der Waals surface area contributed by atoms with Gasteiger partial charge in [0.1, 0.15) is 0 Å². The van der Waals surface area contributed by atoms with Crippen molar-refractivity contribution in [2.75, 3.05) is 22.9 Å². The molecule has 1 N–H and O–H groups in total. The lowest BCUT2D eigenvalue weighted by molar-refractivity contribution is -0.120. The van der Waals surface area contributed by atoms with E-state index in [1.165, 1.54) is 5.56 Å². The van der Waals surface area contributed by atoms with Crippen LogP contribution in [0.4, 0.5) is 11.4 Å². The summed E-state index contributed by atoms with van der Waals surface area (Å²) in [4.78, 5) is 28.8. The minimum atomic E-state index is -0.0158. The monoisotopic (exact) mass is 355 g/mol. The minimum absolute atomic E-state index is 0.0158. The van der Waals surface area contributed by atoms with E-state index in [1.54, 1.807) is 13.1 Å². The molecular formula is C21H29N3O2. The summed E-state index contributed by atoms with van der Waals surface area (Å²) in [5.74, 6) is 0.717. The number of amides is 2. The summed E-state index contributed by atoms with van der Waals surface area (Å²) in [6, 6.07) is 6.19. The minimum Gasteiger partial charge on any atom is -0.391 e. The highest BCUT2D eigenvalue weighted by Crippen LogP contribution is 2.41. The Bertz CT molecular complexity index is 711. The van der Waals surface area contributed by atoms with E-state index in [0.29, 0.717) is 12.5 Å². The van der Waals surface area contributed by atoms with E-state index >= 15 is 0 Å². The molecule has 26 heavy (non-hydrogen) atoms. The van der Waals surface area contributed by atoms with Crippen LogP contribution in [0.25, 0.3) is 0 Å². The average Bonchev–Trinajstić information content (AvgIpc) is 3.45. The van der Waals surface area contributed by atoms with Crippen molar-refractivity contribution >= 4 is 23.2 Å². The number of nitrogens with one attached hydrogen (secondary N) is 1. The standard InChI is InChI=1S/C21H29N3O2/c1-5-16(12-22-6-2)18-9-10-19-20(11-18)23(21(26)17-7-8-17)13-14(3)24(19)15(4)25/h6,9-11,14,16-17,22H,2,5,7-8,12-13H2,1,3-4H3/t14-,16?/m0/s1. The molecule has 1 unspecified atom stereocenters. The second kappa shape index (κ2) is 7.52. The number of carbonyl (C=O) groups excluding carboxylic acids is 2. The van der Waals surface area contributed by atoms with Crippen LogP contribution in [-0.2, 0) is 9.59 Å². The molecule has 0 radical (unpaired) electrons. The largest absolute Gasteiger partial charge is 0.391 e. The third-order valence-electron chi connectivity index (χ3n) is 5.44. The number of nitrogens with zero attached hydrogens (tertiary/aromatic N) is 2. The fourth-order valence-corrected chi connectivity index (χ4v) is 3.86. The zero-order valence-corrected chi connectivity index (χ0v) is 16.0. The van der Waals surface area contributed by atoms with Crippen molar-refractivity contribution in [2.45, 2.75) is 52.0 Å². The van der Waals surface area contributed by atoms with Crippen molar-refractivity contribution in [3.05, 3.63) is 36.5 Å². The molecule has 2 atom stereocenters. The highest BCUT2D eigenvalue weighted by atomic mass is 16.2. The molecule has 1 aliphatic heterocycles. The summed E-state index contributed by atoms with van der Waals surface area (Å²) in [7, 11) is 0. The molecule has 0 aromatic heterocycles. The predicted molar refractivity (Wildman–Crippen MR) is 105 cm³/mol. The SMILES string of the molecule is C=CNCC(CC)c1ccc2c(c1)N(C(=O)C1CC1)C[C@H](C)N2C(C)=O. The van der Waals surface area contributed by atoms with Crippen molar-refractivity contribution in [3.8, 4) is 0 Å². The maximum Gasteiger partial charge on any atom is 0.230 e. The number of carbonyl (C=O) groups is 2. The maximum absolute atomic E-state index is 12.9. The van der Waals surface area contributed by atoms with Gasteiger partial charge < -0.3 is 15.1 Å². The zero-order chi connectivity index (χ0) is 18.8. The predicted octanol–water partition coefficient (Wildman–Crippen LogP) is 3.41. The average molecular weight is 355 g/mol. The quantitative estimate of drug-likeness (QED) is 0.851. The van der Waals surface area contributed by atoms with Gasteiger partial charge >= 0.3 is 0 Å². The Labute approximate surface area is 156 Å². The van der Waals surface area contributed by atoms with Gasteiger partial charge in [-0.15, -0.1) is 0 Å². The highest BCUT2D eigenvalue weighted by molar-refractivity contribution is 6.05. The van der Waals surface area contributed by atoms with Gasteiger partial charge in [0.15, 0.2) is 0 Å². The van der Waals surface area contributed by atoms with E-state index in [2.05, 4.69) is 31.0 Å². The molecule has 5 heteroatoms. The molecular weight excluding hydrogens is 326 g/mol. The van der Waals surface area contributed by atoms with Gasteiger partial charge in [-0.2, -0.15) is 0 Å². The first-order valence-electron chi connectivity index (χ1n) is 9.57. The summed E-state index contributed by atoms with van der Waals surface area (Å²) in [5.41, 5.74) is 2.91. The third kappa shape index (κ3) is 3.48. The van der Waals surface area contributed by atoms with E-state index < -0.39 is 0 Å². The molecule has 1 aromatic rings. The Balaban J connectivity index is 2.02. The van der Waals surface area contributed by atoms with Crippen LogP contribution in [0.15, 0.2) is 31.0 Å². The van der Waals surface area contributed by atoms with Crippen molar-refractivity contribution in [2.24, 2.45) is 5.92 Å². The number of fused-ring (bicyclic) bond motifs is 1. The summed E-state index contributed by atoms with van der Waals surface area (Å²) < 4.78 is 0. The Kier molecular flexibility index (Phi) is 5.35. The van der Waals surface area contributed by atoms with Crippen molar-refractivity contribution in [1.29, 1.82) is 0 Å². The van der Waals surface area contributed by atoms with Gasteiger partial charge in [0.25, 0.3) is 0 Å². The van der Waals surface area contributed by atoms with E-state index in [1.807, 2.05) is 22.8 Å². The van der Waals surface area contributed by atoms with Crippen LogP contribution in [0.3, 0.4) is 0 Å². The molecule has 2 aliphatic rings. The van der Waals surface area contributed by atoms with Crippen LogP contribution < -0.4 is 15.1 Å². The lowest BCUT2D eigenvalue weighted by atomic mass is 9.94. The van der Waals surface area contributed by atoms with E-state index in [0.717, 1.165) is 37.2 Å². The summed E-state index contributed by atoms with van der Waals surface area (Å²) in [5, 5.41) is 3.19. The number of hydrogen-bond acceptors (Lipinski definition) is 3. The highest BCUT2D eigenvalue weighted by Gasteiger charge is 2.39. The lowest BCUT2D eigenvalue weighted by Gasteiger charge is -2.41. The number of hydrogen-bond donors (Lipinski definition) is 1. The summed E-state index contributed by atoms with van der Waals surface area (Å²) in [6.45, 7) is 10.9. The molecule has 140 valence electrons. The van der Waals surface area contributed by atoms with E-state index in [4.69, 9.17) is 0 Å². The lowest BCUT2D eigenvalue weighted by Crippen LogP contribution is -2.51. The first-order chi connectivity index (χ1) is 12.5. The molecule has 1 aromatic carbocycles. The number of benzene rings is 1. The number of rotatable bonds is 6.